The lowest BCUT2D eigenvalue weighted by Gasteiger charge is -2.31. The second kappa shape index (κ2) is 4.40. The SMILES string of the molecule is CN(C(=O)c1cc[nH]c(=O)c1)C(C)(C)C(=O)O. The number of likely N-dealkylation sites (N-methyl/N-ethyl adjacent to an activating group) is 1. The number of carboxylic acid groups (broad SMARTS) is 1. The lowest BCUT2D eigenvalue weighted by Crippen LogP contribution is -2.50. The van der Waals surface area contributed by atoms with Gasteiger partial charge in [-0.2, -0.15) is 0 Å². The van der Waals surface area contributed by atoms with Crippen LogP contribution < -0.4 is 5.56 Å². The third-order valence-corrected chi connectivity index (χ3v) is 2.69. The molecular weight excluding hydrogens is 224 g/mol. The van der Waals surface area contributed by atoms with Gasteiger partial charge in [0.15, 0.2) is 0 Å². The Morgan fingerprint density at radius 3 is 2.47 bits per heavy atom. The molecule has 0 spiro atoms. The maximum absolute atomic E-state index is 12.0. The van der Waals surface area contributed by atoms with Gasteiger partial charge in [-0.05, 0) is 19.9 Å². The summed E-state index contributed by atoms with van der Waals surface area (Å²) in [4.78, 5) is 37.5. The minimum Gasteiger partial charge on any atom is -0.480 e. The van der Waals surface area contributed by atoms with Crippen LogP contribution >= 0.6 is 0 Å². The molecule has 1 rings (SSSR count). The fourth-order valence-corrected chi connectivity index (χ4v) is 1.17. The van der Waals surface area contributed by atoms with Gasteiger partial charge in [-0.25, -0.2) is 4.79 Å². The molecule has 0 saturated heterocycles. The van der Waals surface area contributed by atoms with Crippen LogP contribution in [0.1, 0.15) is 24.2 Å². The number of amides is 1. The van der Waals surface area contributed by atoms with E-state index in [0.29, 0.717) is 0 Å². The molecule has 6 nitrogen and oxygen atoms in total. The minimum absolute atomic E-state index is 0.158. The van der Waals surface area contributed by atoms with Gasteiger partial charge in [0, 0.05) is 24.9 Å². The van der Waals surface area contributed by atoms with Gasteiger partial charge in [-0.15, -0.1) is 0 Å². The number of aromatic amines is 1. The van der Waals surface area contributed by atoms with Crippen molar-refractivity contribution in [3.05, 3.63) is 34.2 Å². The first kappa shape index (κ1) is 13.0. The van der Waals surface area contributed by atoms with E-state index in [9.17, 15) is 14.4 Å². The van der Waals surface area contributed by atoms with Crippen LogP contribution in [0.3, 0.4) is 0 Å². The van der Waals surface area contributed by atoms with E-state index in [2.05, 4.69) is 4.98 Å². The Labute approximate surface area is 97.9 Å². The van der Waals surface area contributed by atoms with Crippen molar-refractivity contribution in [3.8, 4) is 0 Å². The highest BCUT2D eigenvalue weighted by Gasteiger charge is 2.35. The Morgan fingerprint density at radius 2 is 2.00 bits per heavy atom. The van der Waals surface area contributed by atoms with E-state index in [0.717, 1.165) is 11.0 Å². The Bertz CT molecular complexity index is 504. The van der Waals surface area contributed by atoms with Gasteiger partial charge in [0.25, 0.3) is 5.91 Å². The number of nitrogens with zero attached hydrogens (tertiary/aromatic N) is 1. The fourth-order valence-electron chi connectivity index (χ4n) is 1.17. The molecule has 0 aliphatic heterocycles. The molecule has 1 aromatic rings. The fraction of sp³-hybridized carbons (Fsp3) is 0.364. The zero-order valence-electron chi connectivity index (χ0n) is 9.85. The average Bonchev–Trinajstić information content (AvgIpc) is 2.26. The molecule has 1 amide bonds. The lowest BCUT2D eigenvalue weighted by atomic mass is 10.0. The summed E-state index contributed by atoms with van der Waals surface area (Å²) >= 11 is 0. The third kappa shape index (κ3) is 2.52. The van der Waals surface area contributed by atoms with Crippen LogP contribution in [0, 0.1) is 0 Å². The molecule has 0 unspecified atom stereocenters. The van der Waals surface area contributed by atoms with Crippen molar-refractivity contribution < 1.29 is 14.7 Å². The number of carbonyl (C=O) groups is 2. The summed E-state index contributed by atoms with van der Waals surface area (Å²) in [5.74, 6) is -1.62. The van der Waals surface area contributed by atoms with Crippen molar-refractivity contribution in [2.24, 2.45) is 0 Å². The monoisotopic (exact) mass is 238 g/mol. The van der Waals surface area contributed by atoms with E-state index in [1.54, 1.807) is 0 Å². The number of pyridine rings is 1. The van der Waals surface area contributed by atoms with E-state index in [1.165, 1.54) is 33.2 Å². The third-order valence-electron chi connectivity index (χ3n) is 2.69. The summed E-state index contributed by atoms with van der Waals surface area (Å²) in [5, 5.41) is 9.00. The molecule has 6 heteroatoms. The molecule has 0 radical (unpaired) electrons. The second-order valence-corrected chi connectivity index (χ2v) is 4.17. The standard InChI is InChI=1S/C11H14N2O4/c1-11(2,10(16)17)13(3)9(15)7-4-5-12-8(14)6-7/h4-6H,1-3H3,(H,12,14)(H,16,17). The molecule has 0 aromatic carbocycles. The van der Waals surface area contributed by atoms with E-state index in [1.807, 2.05) is 0 Å². The summed E-state index contributed by atoms with van der Waals surface area (Å²) < 4.78 is 0. The number of nitrogens with one attached hydrogen (secondary N) is 1. The lowest BCUT2D eigenvalue weighted by molar-refractivity contribution is -0.147. The molecular formula is C11H14N2O4. The van der Waals surface area contributed by atoms with Gasteiger partial charge in [0.05, 0.1) is 0 Å². The van der Waals surface area contributed by atoms with Crippen LogP contribution in [-0.2, 0) is 4.79 Å². The van der Waals surface area contributed by atoms with Crippen LogP contribution in [-0.4, -0.2) is 39.5 Å². The van der Waals surface area contributed by atoms with Crippen molar-refractivity contribution in [2.45, 2.75) is 19.4 Å². The quantitative estimate of drug-likeness (QED) is 0.792. The number of carboxylic acids is 1. The molecule has 92 valence electrons. The predicted octanol–water partition coefficient (Wildman–Crippen LogP) is 0.310. The van der Waals surface area contributed by atoms with Gasteiger partial charge in [0.1, 0.15) is 5.54 Å². The highest BCUT2D eigenvalue weighted by atomic mass is 16.4. The van der Waals surface area contributed by atoms with E-state index in [-0.39, 0.29) is 5.56 Å². The number of aliphatic carboxylic acids is 1. The first-order valence-electron chi connectivity index (χ1n) is 4.97. The molecule has 0 atom stereocenters. The van der Waals surface area contributed by atoms with Crippen LogP contribution in [0.4, 0.5) is 0 Å². The number of rotatable bonds is 3. The number of carbonyl (C=O) groups excluding carboxylic acids is 1. The van der Waals surface area contributed by atoms with Gasteiger partial charge in [0.2, 0.25) is 5.56 Å². The van der Waals surface area contributed by atoms with E-state index >= 15 is 0 Å². The number of H-pyrrole nitrogens is 1. The van der Waals surface area contributed by atoms with Crippen molar-refractivity contribution in [2.75, 3.05) is 7.05 Å². The molecule has 0 aliphatic carbocycles. The van der Waals surface area contributed by atoms with Crippen molar-refractivity contribution in [1.29, 1.82) is 0 Å². The zero-order valence-corrected chi connectivity index (χ0v) is 9.85. The minimum atomic E-state index is -1.33. The van der Waals surface area contributed by atoms with Crippen LogP contribution in [0.15, 0.2) is 23.1 Å². The van der Waals surface area contributed by atoms with Crippen molar-refractivity contribution in [3.63, 3.8) is 0 Å². The maximum atomic E-state index is 12.0. The van der Waals surface area contributed by atoms with Gasteiger partial charge >= 0.3 is 5.97 Å². The van der Waals surface area contributed by atoms with Gasteiger partial charge in [-0.3, -0.25) is 9.59 Å². The molecule has 0 fully saturated rings. The van der Waals surface area contributed by atoms with Crippen molar-refractivity contribution >= 4 is 11.9 Å². The normalized spacial score (nSPS) is 11.0. The Balaban J connectivity index is 3.06. The van der Waals surface area contributed by atoms with Gasteiger partial charge in [-0.1, -0.05) is 0 Å². The summed E-state index contributed by atoms with van der Waals surface area (Å²) in [6.07, 6.45) is 1.34. The summed E-state index contributed by atoms with van der Waals surface area (Å²) in [5.41, 5.74) is -1.58. The van der Waals surface area contributed by atoms with Gasteiger partial charge < -0.3 is 15.0 Å². The molecule has 0 aliphatic rings. The predicted molar refractivity (Wildman–Crippen MR) is 60.9 cm³/mol. The first-order chi connectivity index (χ1) is 7.76. The summed E-state index contributed by atoms with van der Waals surface area (Å²) in [6, 6.07) is 2.56. The van der Waals surface area contributed by atoms with Crippen LogP contribution in [0.25, 0.3) is 0 Å². The summed E-state index contributed by atoms with van der Waals surface area (Å²) in [7, 11) is 1.39. The zero-order chi connectivity index (χ0) is 13.2. The maximum Gasteiger partial charge on any atom is 0.329 e. The first-order valence-corrected chi connectivity index (χ1v) is 4.97. The van der Waals surface area contributed by atoms with E-state index in [4.69, 9.17) is 5.11 Å². The topological polar surface area (TPSA) is 90.5 Å². The summed E-state index contributed by atoms with van der Waals surface area (Å²) in [6.45, 7) is 2.83. The number of hydrogen-bond acceptors (Lipinski definition) is 3. The largest absolute Gasteiger partial charge is 0.480 e. The highest BCUT2D eigenvalue weighted by Crippen LogP contribution is 2.15. The van der Waals surface area contributed by atoms with E-state index < -0.39 is 23.0 Å². The molecule has 0 bridgehead atoms. The van der Waals surface area contributed by atoms with Crippen molar-refractivity contribution in [1.82, 2.24) is 9.88 Å². The Morgan fingerprint density at radius 1 is 1.41 bits per heavy atom. The molecule has 1 aromatic heterocycles. The average molecular weight is 238 g/mol. The Hall–Kier alpha value is -2.11. The highest BCUT2D eigenvalue weighted by molar-refractivity contribution is 5.97. The molecule has 17 heavy (non-hydrogen) atoms. The smallest absolute Gasteiger partial charge is 0.329 e. The molecule has 1 heterocycles. The molecule has 2 N–H and O–H groups in total. The molecule has 0 saturated carbocycles. The van der Waals surface area contributed by atoms with Crippen LogP contribution in [0.5, 0.6) is 0 Å². The number of hydrogen-bond donors (Lipinski definition) is 2. The number of aromatic nitrogens is 1. The Kier molecular flexibility index (Phi) is 3.36. The van der Waals surface area contributed by atoms with Crippen LogP contribution in [0.2, 0.25) is 0 Å². The second-order valence-electron chi connectivity index (χ2n) is 4.17.